The van der Waals surface area contributed by atoms with Crippen LogP contribution < -0.4 is 25.3 Å². The Labute approximate surface area is 190 Å². The molecule has 172 valence electrons. The van der Waals surface area contributed by atoms with Gasteiger partial charge >= 0.3 is 0 Å². The maximum atomic E-state index is 13.7. The van der Waals surface area contributed by atoms with E-state index in [-0.39, 0.29) is 24.0 Å². The number of carbonyl (C=O) groups is 1. The first-order chi connectivity index (χ1) is 15.9. The molecule has 1 saturated heterocycles. The summed E-state index contributed by atoms with van der Waals surface area (Å²) in [7, 11) is 1.75. The molecular formula is C23H24N5O5-. The second-order valence-corrected chi connectivity index (χ2v) is 8.33. The van der Waals surface area contributed by atoms with Gasteiger partial charge in [0, 0.05) is 19.2 Å². The highest BCUT2D eigenvalue weighted by Gasteiger charge is 2.62. The fraction of sp³-hybridized carbons (Fsp3) is 0.348. The van der Waals surface area contributed by atoms with Crippen LogP contribution in [-0.4, -0.2) is 30.1 Å². The van der Waals surface area contributed by atoms with Gasteiger partial charge in [0.25, 0.3) is 5.69 Å². The predicted octanol–water partition coefficient (Wildman–Crippen LogP) is 2.42. The van der Waals surface area contributed by atoms with Crippen molar-refractivity contribution >= 4 is 28.7 Å². The maximum absolute atomic E-state index is 13.7. The number of non-ortho nitro benzene ring substituents is 1. The largest absolute Gasteiger partial charge is 0.611 e. The molecule has 5 rings (SSSR count). The first-order valence-electron chi connectivity index (χ1n) is 10.9. The molecular weight excluding hydrogens is 426 g/mol. The number of hydrazine groups is 1. The molecule has 10 nitrogen and oxygen atoms in total. The van der Waals surface area contributed by atoms with E-state index in [1.807, 2.05) is 34.2 Å². The van der Waals surface area contributed by atoms with Crippen molar-refractivity contribution in [2.24, 2.45) is 5.92 Å². The van der Waals surface area contributed by atoms with E-state index in [1.54, 1.807) is 31.0 Å². The number of rotatable bonds is 4. The number of nitro groups is 1. The van der Waals surface area contributed by atoms with E-state index in [1.165, 1.54) is 12.1 Å². The third kappa shape index (κ3) is 2.90. The Bertz CT molecular complexity index is 1150. The molecule has 2 fully saturated rings. The van der Waals surface area contributed by atoms with Crippen LogP contribution in [0.4, 0.5) is 22.7 Å². The predicted molar refractivity (Wildman–Crippen MR) is 120 cm³/mol. The number of anilines is 3. The van der Waals surface area contributed by atoms with Gasteiger partial charge in [-0.05, 0) is 50.1 Å². The van der Waals surface area contributed by atoms with Crippen molar-refractivity contribution in [3.05, 3.63) is 70.4 Å². The number of carbonyl (C=O) groups excluding carboxylic acids is 1. The highest BCUT2D eigenvalue weighted by molar-refractivity contribution is 6.02. The average Bonchev–Trinajstić information content (AvgIpc) is 3.39. The van der Waals surface area contributed by atoms with Gasteiger partial charge in [0.2, 0.25) is 5.91 Å². The van der Waals surface area contributed by atoms with E-state index in [0.717, 1.165) is 12.1 Å². The summed E-state index contributed by atoms with van der Waals surface area (Å²) >= 11 is 0. The minimum absolute atomic E-state index is 0.0353. The van der Waals surface area contributed by atoms with E-state index in [9.17, 15) is 20.0 Å². The zero-order valence-electron chi connectivity index (χ0n) is 18.4. The molecule has 1 aliphatic carbocycles. The quantitative estimate of drug-likeness (QED) is 0.429. The number of nitro benzene ring substituents is 1. The standard InChI is InChI=1S/C23H25N5O5/c1-3-33-22(30)20-24-27(15-10-12-16(13-11-15)28(31)32)23-14-6-7-17(23)21(29)25(2)18-8-4-5-9-19(18)26(20)23/h4-5,8-13,17,24,30H,3,6-7,14H2,1-2H3/p-1. The molecule has 33 heavy (non-hydrogen) atoms. The van der Waals surface area contributed by atoms with Crippen LogP contribution in [0.15, 0.2) is 60.3 Å². The Morgan fingerprint density at radius 2 is 1.91 bits per heavy atom. The van der Waals surface area contributed by atoms with Crippen LogP contribution in [0.3, 0.4) is 0 Å². The van der Waals surface area contributed by atoms with Crippen LogP contribution >= 0.6 is 0 Å². The van der Waals surface area contributed by atoms with Gasteiger partial charge in [0.15, 0.2) is 0 Å². The zero-order valence-corrected chi connectivity index (χ0v) is 18.4. The first kappa shape index (κ1) is 20.9. The molecule has 10 heteroatoms. The minimum Gasteiger partial charge on any atom is -0.611 e. The highest BCUT2D eigenvalue weighted by Crippen LogP contribution is 2.55. The number of amides is 1. The molecule has 2 unspecified atom stereocenters. The van der Waals surface area contributed by atoms with E-state index < -0.39 is 22.4 Å². The number of para-hydroxylation sites is 2. The Morgan fingerprint density at radius 1 is 1.21 bits per heavy atom. The number of hydrogen-bond donors (Lipinski definition) is 1. The summed E-state index contributed by atoms with van der Waals surface area (Å²) in [4.78, 5) is 28.0. The lowest BCUT2D eigenvalue weighted by atomic mass is 9.92. The second-order valence-electron chi connectivity index (χ2n) is 8.33. The van der Waals surface area contributed by atoms with Gasteiger partial charge in [-0.15, -0.1) is 0 Å². The normalized spacial score (nSPS) is 25.1. The molecule has 3 aliphatic rings. The Kier molecular flexibility index (Phi) is 4.80. The van der Waals surface area contributed by atoms with Gasteiger partial charge in [-0.25, -0.2) is 0 Å². The molecule has 1 amide bonds. The fourth-order valence-corrected chi connectivity index (χ4v) is 5.34. The van der Waals surface area contributed by atoms with Crippen molar-refractivity contribution < 1.29 is 19.6 Å². The molecule has 2 aromatic carbocycles. The average molecular weight is 450 g/mol. The van der Waals surface area contributed by atoms with Crippen molar-refractivity contribution in [1.82, 2.24) is 5.43 Å². The second kappa shape index (κ2) is 7.58. The summed E-state index contributed by atoms with van der Waals surface area (Å²) in [5, 5.41) is 26.1. The van der Waals surface area contributed by atoms with Crippen molar-refractivity contribution in [2.75, 3.05) is 28.5 Å². The topological polar surface area (TPSA) is 114 Å². The summed E-state index contributed by atoms with van der Waals surface area (Å²) in [6.45, 7) is 1.94. The Hall–Kier alpha value is -3.95. The minimum atomic E-state index is -0.907. The lowest BCUT2D eigenvalue weighted by Crippen LogP contribution is -2.60. The molecule has 2 atom stereocenters. The van der Waals surface area contributed by atoms with E-state index in [2.05, 4.69) is 5.43 Å². The maximum Gasteiger partial charge on any atom is 0.269 e. The van der Waals surface area contributed by atoms with Crippen LogP contribution in [0.5, 0.6) is 0 Å². The van der Waals surface area contributed by atoms with Gasteiger partial charge in [-0.1, -0.05) is 19.1 Å². The van der Waals surface area contributed by atoms with Crippen molar-refractivity contribution in [1.29, 1.82) is 0 Å². The number of hydrogen-bond acceptors (Lipinski definition) is 8. The van der Waals surface area contributed by atoms with E-state index in [4.69, 9.17) is 4.74 Å². The third-order valence-corrected chi connectivity index (χ3v) is 6.71. The van der Waals surface area contributed by atoms with Crippen LogP contribution in [-0.2, 0) is 9.53 Å². The van der Waals surface area contributed by atoms with Gasteiger partial charge in [0.1, 0.15) is 11.5 Å². The first-order valence-corrected chi connectivity index (χ1v) is 10.9. The molecule has 1 saturated carbocycles. The van der Waals surface area contributed by atoms with Crippen molar-refractivity contribution in [3.8, 4) is 0 Å². The van der Waals surface area contributed by atoms with E-state index in [0.29, 0.717) is 24.2 Å². The molecule has 2 heterocycles. The van der Waals surface area contributed by atoms with Gasteiger partial charge in [-0.2, -0.15) is 0 Å². The Morgan fingerprint density at radius 3 is 2.58 bits per heavy atom. The molecule has 1 N–H and O–H groups in total. The molecule has 0 bridgehead atoms. The highest BCUT2D eigenvalue weighted by atomic mass is 16.6. The summed E-state index contributed by atoms with van der Waals surface area (Å²) in [6, 6.07) is 13.6. The third-order valence-electron chi connectivity index (χ3n) is 6.71. The SMILES string of the molecule is CCOC([O-])=C1NN(c2ccc([N+](=O)[O-])cc2)C23CCCC2C(=O)N(C)c2ccccc2N13. The Balaban J connectivity index is 1.76. The lowest BCUT2D eigenvalue weighted by Gasteiger charge is -2.43. The van der Waals surface area contributed by atoms with Gasteiger partial charge in [0.05, 0.1) is 33.8 Å². The lowest BCUT2D eigenvalue weighted by molar-refractivity contribution is -0.384. The van der Waals surface area contributed by atoms with Crippen molar-refractivity contribution in [2.45, 2.75) is 31.8 Å². The molecule has 2 aromatic rings. The number of fused-ring (bicyclic) bond motifs is 2. The summed E-state index contributed by atoms with van der Waals surface area (Å²) in [5.74, 6) is -0.790. The van der Waals surface area contributed by atoms with Crippen LogP contribution in [0.1, 0.15) is 26.2 Å². The number of ether oxygens (including phenoxy) is 1. The summed E-state index contributed by atoms with van der Waals surface area (Å²) in [5.41, 5.74) is 4.30. The van der Waals surface area contributed by atoms with Crippen molar-refractivity contribution in [3.63, 3.8) is 0 Å². The monoisotopic (exact) mass is 450 g/mol. The zero-order chi connectivity index (χ0) is 23.3. The number of nitrogens with one attached hydrogen (secondary N) is 1. The fourth-order valence-electron chi connectivity index (χ4n) is 5.34. The van der Waals surface area contributed by atoms with Crippen LogP contribution in [0.25, 0.3) is 0 Å². The molecule has 0 aromatic heterocycles. The smallest absolute Gasteiger partial charge is 0.269 e. The number of benzene rings is 2. The van der Waals surface area contributed by atoms with Gasteiger partial charge < -0.3 is 14.7 Å². The van der Waals surface area contributed by atoms with E-state index >= 15 is 0 Å². The summed E-state index contributed by atoms with van der Waals surface area (Å²) < 4.78 is 5.37. The van der Waals surface area contributed by atoms with Gasteiger partial charge in [-0.3, -0.25) is 30.2 Å². The molecule has 2 aliphatic heterocycles. The molecule has 0 radical (unpaired) electrons. The van der Waals surface area contributed by atoms with Crippen LogP contribution in [0.2, 0.25) is 0 Å². The summed E-state index contributed by atoms with van der Waals surface area (Å²) in [6.07, 6.45) is 2.04. The molecule has 1 spiro atoms. The number of nitrogens with zero attached hydrogens (tertiary/aromatic N) is 4. The van der Waals surface area contributed by atoms with Crippen LogP contribution in [0, 0.1) is 16.0 Å².